The summed E-state index contributed by atoms with van der Waals surface area (Å²) in [6, 6.07) is 6.69. The first-order valence-electron chi connectivity index (χ1n) is 9.73. The second kappa shape index (κ2) is 9.45. The molecule has 0 N–H and O–H groups in total. The SMILES string of the molecule is COCOC1CC(Oc2c(OC)cccc2OCOCC[Si](C)(C)C)C2OC12. The molecule has 0 aromatic heterocycles. The van der Waals surface area contributed by atoms with Gasteiger partial charge in [0.2, 0.25) is 5.75 Å². The quantitative estimate of drug-likeness (QED) is 0.226. The zero-order chi connectivity index (χ0) is 20.1. The second-order valence-electron chi connectivity index (χ2n) is 8.34. The minimum atomic E-state index is -1.12. The number of ether oxygens (including phenoxy) is 7. The lowest BCUT2D eigenvalue weighted by Gasteiger charge is -2.21. The van der Waals surface area contributed by atoms with Crippen molar-refractivity contribution in [3.63, 3.8) is 0 Å². The molecule has 1 aromatic carbocycles. The van der Waals surface area contributed by atoms with Gasteiger partial charge in [-0.1, -0.05) is 25.7 Å². The summed E-state index contributed by atoms with van der Waals surface area (Å²) in [5.41, 5.74) is 0. The fourth-order valence-corrected chi connectivity index (χ4v) is 4.00. The molecule has 1 saturated heterocycles. The lowest BCUT2D eigenvalue weighted by molar-refractivity contribution is -0.0882. The largest absolute Gasteiger partial charge is 0.493 e. The molecule has 3 rings (SSSR count). The Hall–Kier alpha value is -1.32. The van der Waals surface area contributed by atoms with Crippen LogP contribution >= 0.6 is 0 Å². The van der Waals surface area contributed by atoms with Crippen LogP contribution in [0, 0.1) is 0 Å². The molecule has 1 aliphatic heterocycles. The molecule has 2 fully saturated rings. The summed E-state index contributed by atoms with van der Waals surface area (Å²) in [6.45, 7) is 8.11. The highest BCUT2D eigenvalue weighted by Gasteiger charge is 2.59. The molecular weight excluding hydrogens is 380 g/mol. The minimum Gasteiger partial charge on any atom is -0.493 e. The smallest absolute Gasteiger partial charge is 0.204 e. The van der Waals surface area contributed by atoms with Crippen LogP contribution < -0.4 is 14.2 Å². The van der Waals surface area contributed by atoms with Crippen LogP contribution in [0.1, 0.15) is 6.42 Å². The van der Waals surface area contributed by atoms with Gasteiger partial charge in [-0.15, -0.1) is 0 Å². The van der Waals surface area contributed by atoms with E-state index < -0.39 is 8.07 Å². The zero-order valence-corrected chi connectivity index (χ0v) is 18.4. The van der Waals surface area contributed by atoms with Gasteiger partial charge in [-0.2, -0.15) is 0 Å². The Morgan fingerprint density at radius 2 is 1.79 bits per heavy atom. The topological polar surface area (TPSA) is 67.9 Å². The van der Waals surface area contributed by atoms with Gasteiger partial charge in [0.05, 0.1) is 13.2 Å². The Balaban J connectivity index is 1.58. The van der Waals surface area contributed by atoms with Crippen LogP contribution in [0.4, 0.5) is 0 Å². The number of benzene rings is 1. The van der Waals surface area contributed by atoms with Gasteiger partial charge in [-0.05, 0) is 18.2 Å². The first-order chi connectivity index (χ1) is 13.4. The van der Waals surface area contributed by atoms with Crippen molar-refractivity contribution in [3.05, 3.63) is 18.2 Å². The summed E-state index contributed by atoms with van der Waals surface area (Å²) in [5, 5.41) is 0. The molecule has 1 aliphatic carbocycles. The van der Waals surface area contributed by atoms with Crippen molar-refractivity contribution in [3.8, 4) is 17.2 Å². The summed E-state index contributed by atoms with van der Waals surface area (Å²) < 4.78 is 39.6. The number of fused-ring (bicyclic) bond motifs is 1. The predicted molar refractivity (Wildman–Crippen MR) is 107 cm³/mol. The van der Waals surface area contributed by atoms with Crippen LogP contribution in [-0.2, 0) is 18.9 Å². The van der Waals surface area contributed by atoms with Crippen LogP contribution in [0.2, 0.25) is 25.7 Å². The van der Waals surface area contributed by atoms with E-state index in [0.717, 1.165) is 12.5 Å². The standard InChI is InChI=1S/C20H32O7Si/c1-21-12-24-16-11-17(20-19(16)27-20)26-18-14(22-2)7-6-8-15(18)25-13-23-9-10-28(3,4)5/h6-8,16-17,19-20H,9-13H2,1-5H3. The highest BCUT2D eigenvalue weighted by Crippen LogP contribution is 2.46. The monoisotopic (exact) mass is 412 g/mol. The van der Waals surface area contributed by atoms with Crippen LogP contribution in [0.15, 0.2) is 18.2 Å². The van der Waals surface area contributed by atoms with Gasteiger partial charge in [-0.25, -0.2) is 0 Å². The van der Waals surface area contributed by atoms with Gasteiger partial charge in [0.1, 0.15) is 25.1 Å². The normalized spacial score (nSPS) is 26.0. The number of rotatable bonds is 12. The molecular formula is C20H32O7Si. The Morgan fingerprint density at radius 1 is 1.04 bits per heavy atom. The Labute approximate surface area is 168 Å². The molecule has 0 radical (unpaired) electrons. The third-order valence-corrected chi connectivity index (χ3v) is 6.59. The van der Waals surface area contributed by atoms with Crippen molar-refractivity contribution in [2.75, 3.05) is 34.4 Å². The molecule has 7 nitrogen and oxygen atoms in total. The molecule has 1 aromatic rings. The van der Waals surface area contributed by atoms with Gasteiger partial charge in [0.15, 0.2) is 18.3 Å². The van der Waals surface area contributed by atoms with Gasteiger partial charge >= 0.3 is 0 Å². The molecule has 0 bridgehead atoms. The predicted octanol–water partition coefficient (Wildman–Crippen LogP) is 3.29. The zero-order valence-electron chi connectivity index (χ0n) is 17.4. The van der Waals surface area contributed by atoms with E-state index in [4.69, 9.17) is 33.2 Å². The van der Waals surface area contributed by atoms with Crippen molar-refractivity contribution < 1.29 is 33.2 Å². The van der Waals surface area contributed by atoms with Crippen molar-refractivity contribution in [1.82, 2.24) is 0 Å². The molecule has 1 heterocycles. The maximum absolute atomic E-state index is 6.26. The van der Waals surface area contributed by atoms with Crippen LogP contribution in [0.3, 0.4) is 0 Å². The number of methoxy groups -OCH3 is 2. The first-order valence-corrected chi connectivity index (χ1v) is 13.4. The van der Waals surface area contributed by atoms with E-state index in [2.05, 4.69) is 19.6 Å². The van der Waals surface area contributed by atoms with Crippen molar-refractivity contribution in [1.29, 1.82) is 0 Å². The molecule has 0 spiro atoms. The van der Waals surface area contributed by atoms with E-state index in [1.54, 1.807) is 14.2 Å². The van der Waals surface area contributed by atoms with E-state index in [-0.39, 0.29) is 38.0 Å². The van der Waals surface area contributed by atoms with E-state index in [1.165, 1.54) is 0 Å². The number of epoxide rings is 1. The van der Waals surface area contributed by atoms with E-state index in [0.29, 0.717) is 23.9 Å². The van der Waals surface area contributed by atoms with Crippen molar-refractivity contribution in [2.24, 2.45) is 0 Å². The first kappa shape index (κ1) is 21.4. The summed E-state index contributed by atoms with van der Waals surface area (Å²) >= 11 is 0. The van der Waals surface area contributed by atoms with Crippen LogP contribution in [0.5, 0.6) is 17.2 Å². The Bertz CT molecular complexity index is 633. The molecule has 4 unspecified atom stereocenters. The molecule has 4 atom stereocenters. The Morgan fingerprint density at radius 3 is 2.50 bits per heavy atom. The summed E-state index contributed by atoms with van der Waals surface area (Å²) in [7, 11) is 2.11. The lowest BCUT2D eigenvalue weighted by Crippen LogP contribution is -2.24. The molecule has 158 valence electrons. The van der Waals surface area contributed by atoms with E-state index >= 15 is 0 Å². The number of hydrogen-bond acceptors (Lipinski definition) is 7. The molecule has 2 aliphatic rings. The number of hydrogen-bond donors (Lipinski definition) is 0. The molecule has 28 heavy (non-hydrogen) atoms. The fraction of sp³-hybridized carbons (Fsp3) is 0.700. The van der Waals surface area contributed by atoms with Crippen LogP contribution in [0.25, 0.3) is 0 Å². The lowest BCUT2D eigenvalue weighted by atomic mass is 10.2. The average Bonchev–Trinajstić information content (AvgIpc) is 3.38. The van der Waals surface area contributed by atoms with E-state index in [9.17, 15) is 0 Å². The van der Waals surface area contributed by atoms with Gasteiger partial charge in [0.25, 0.3) is 0 Å². The van der Waals surface area contributed by atoms with Gasteiger partial charge in [0, 0.05) is 28.2 Å². The third-order valence-electron chi connectivity index (χ3n) is 4.88. The maximum atomic E-state index is 6.26. The number of para-hydroxylation sites is 1. The Kier molecular flexibility index (Phi) is 7.22. The molecule has 1 saturated carbocycles. The highest BCUT2D eigenvalue weighted by atomic mass is 28.3. The highest BCUT2D eigenvalue weighted by molar-refractivity contribution is 6.76. The second-order valence-corrected chi connectivity index (χ2v) is 14.0. The summed E-state index contributed by atoms with van der Waals surface area (Å²) in [6.07, 6.45) is 0.720. The summed E-state index contributed by atoms with van der Waals surface area (Å²) in [5.74, 6) is 1.80. The maximum Gasteiger partial charge on any atom is 0.204 e. The van der Waals surface area contributed by atoms with Crippen molar-refractivity contribution in [2.45, 2.75) is 56.5 Å². The third kappa shape index (κ3) is 5.61. The summed E-state index contributed by atoms with van der Waals surface area (Å²) in [4.78, 5) is 0. The molecule has 8 heteroatoms. The van der Waals surface area contributed by atoms with Gasteiger partial charge in [-0.3, -0.25) is 0 Å². The fourth-order valence-electron chi connectivity index (χ4n) is 3.25. The molecule has 0 amide bonds. The van der Waals surface area contributed by atoms with Crippen LogP contribution in [-0.4, -0.2) is 66.9 Å². The minimum absolute atomic E-state index is 0.0149. The van der Waals surface area contributed by atoms with Gasteiger partial charge < -0.3 is 33.2 Å². The van der Waals surface area contributed by atoms with Crippen molar-refractivity contribution >= 4 is 8.07 Å². The van der Waals surface area contributed by atoms with E-state index in [1.807, 2.05) is 18.2 Å². The average molecular weight is 413 g/mol.